The molecule has 0 spiro atoms. The molecule has 1 fully saturated rings. The van der Waals surface area contributed by atoms with Crippen LogP contribution < -0.4 is 5.32 Å². The average Bonchev–Trinajstić information content (AvgIpc) is 3.13. The van der Waals surface area contributed by atoms with Gasteiger partial charge in [0.1, 0.15) is 0 Å². The summed E-state index contributed by atoms with van der Waals surface area (Å²) in [5.41, 5.74) is 1.69. The van der Waals surface area contributed by atoms with E-state index in [4.69, 9.17) is 0 Å². The Morgan fingerprint density at radius 1 is 1.26 bits per heavy atom. The molecule has 2 heterocycles. The smallest absolute Gasteiger partial charge is 0.345 e. The van der Waals surface area contributed by atoms with E-state index in [1.807, 2.05) is 0 Å². The summed E-state index contributed by atoms with van der Waals surface area (Å²) in [6.07, 6.45) is 0.267. The van der Waals surface area contributed by atoms with Crippen LogP contribution in [0.15, 0.2) is 41.2 Å². The number of amides is 1. The highest BCUT2D eigenvalue weighted by Crippen LogP contribution is 2.41. The van der Waals surface area contributed by atoms with Gasteiger partial charge in [0.15, 0.2) is 0 Å². The predicted molar refractivity (Wildman–Crippen MR) is 86.3 cm³/mol. The minimum atomic E-state index is -4.68. The number of hydrogen-bond donors (Lipinski definition) is 2. The fourth-order valence-corrected chi connectivity index (χ4v) is 2.80. The van der Waals surface area contributed by atoms with Crippen molar-refractivity contribution in [3.05, 3.63) is 53.7 Å². The molecule has 0 aliphatic heterocycles. The van der Waals surface area contributed by atoms with E-state index in [1.54, 1.807) is 24.3 Å². The molecule has 1 unspecified atom stereocenters. The molecule has 1 aromatic carbocycles. The molecule has 0 bridgehead atoms. The highest BCUT2D eigenvalue weighted by atomic mass is 19.4. The summed E-state index contributed by atoms with van der Waals surface area (Å²) in [7, 11) is 0. The molecule has 140 valence electrons. The van der Waals surface area contributed by atoms with Crippen LogP contribution in [0.5, 0.6) is 0 Å². The molecule has 1 saturated carbocycles. The summed E-state index contributed by atoms with van der Waals surface area (Å²) >= 11 is 0. The van der Waals surface area contributed by atoms with Crippen LogP contribution in [0.1, 0.15) is 40.7 Å². The maximum atomic E-state index is 12.6. The van der Waals surface area contributed by atoms with Crippen LogP contribution in [0.2, 0.25) is 0 Å². The number of hydrogen-bond acceptors (Lipinski definition) is 5. The molecule has 2 aromatic heterocycles. The van der Waals surface area contributed by atoms with Crippen LogP contribution in [-0.4, -0.2) is 26.2 Å². The number of nitrogens with zero attached hydrogens (tertiary/aromatic N) is 3. The molecule has 4 rings (SSSR count). The first-order valence-corrected chi connectivity index (χ1v) is 8.22. The predicted octanol–water partition coefficient (Wildman–Crippen LogP) is 3.36. The van der Waals surface area contributed by atoms with E-state index in [0.29, 0.717) is 17.0 Å². The van der Waals surface area contributed by atoms with Gasteiger partial charge in [0.25, 0.3) is 5.91 Å². The molecular formula is C17H14F3N5O2. The Bertz CT molecular complexity index is 930. The highest BCUT2D eigenvalue weighted by Gasteiger charge is 2.38. The Hall–Kier alpha value is -3.17. The highest BCUT2D eigenvalue weighted by molar-refractivity contribution is 5.93. The molecule has 1 atom stereocenters. The fraction of sp³-hybridized carbons (Fsp3) is 0.294. The second kappa shape index (κ2) is 6.53. The van der Waals surface area contributed by atoms with E-state index in [0.717, 1.165) is 18.4 Å². The second-order valence-corrected chi connectivity index (χ2v) is 6.32. The Kier molecular flexibility index (Phi) is 4.17. The number of rotatable bonds is 5. The van der Waals surface area contributed by atoms with E-state index in [9.17, 15) is 18.0 Å². The standard InChI is InChI=1S/C17H14F3N5O2/c18-17(19,20)16-24-14(25-27-16)11-5-3-10(4-6-11)13(9-1-2-9)23-15(26)12-7-21-22-8-12/h3-9,13H,1-2H2,(H,21,22)(H,23,26). The summed E-state index contributed by atoms with van der Waals surface area (Å²) in [4.78, 5) is 15.7. The van der Waals surface area contributed by atoms with Gasteiger partial charge in [-0.25, -0.2) is 0 Å². The third-order valence-electron chi connectivity index (χ3n) is 4.34. The molecule has 27 heavy (non-hydrogen) atoms. The number of nitrogens with one attached hydrogen (secondary N) is 2. The van der Waals surface area contributed by atoms with Crippen molar-refractivity contribution in [2.24, 2.45) is 5.92 Å². The minimum Gasteiger partial charge on any atom is -0.345 e. The summed E-state index contributed by atoms with van der Waals surface area (Å²) in [5, 5.41) is 12.7. The SMILES string of the molecule is O=C(NC(c1ccc(-c2noc(C(F)(F)F)n2)cc1)C1CC1)c1cn[nH]c1. The molecule has 1 amide bonds. The Balaban J connectivity index is 1.53. The molecule has 1 aliphatic rings. The normalized spacial score (nSPS) is 15.5. The van der Waals surface area contributed by atoms with Crippen molar-refractivity contribution in [2.75, 3.05) is 0 Å². The Labute approximate surface area is 151 Å². The molecular weight excluding hydrogens is 363 g/mol. The molecule has 2 N–H and O–H groups in total. The van der Waals surface area contributed by atoms with Crippen molar-refractivity contribution in [1.29, 1.82) is 0 Å². The molecule has 7 nitrogen and oxygen atoms in total. The third kappa shape index (κ3) is 3.69. The maximum Gasteiger partial charge on any atom is 0.471 e. The largest absolute Gasteiger partial charge is 0.471 e. The van der Waals surface area contributed by atoms with E-state index in [-0.39, 0.29) is 17.8 Å². The van der Waals surface area contributed by atoms with Crippen LogP contribution in [0.25, 0.3) is 11.4 Å². The number of carbonyl (C=O) groups is 1. The molecule has 0 radical (unpaired) electrons. The average molecular weight is 377 g/mol. The number of alkyl halides is 3. The van der Waals surface area contributed by atoms with E-state index < -0.39 is 12.1 Å². The zero-order valence-corrected chi connectivity index (χ0v) is 13.8. The van der Waals surface area contributed by atoms with Gasteiger partial charge < -0.3 is 9.84 Å². The first kappa shape index (κ1) is 17.3. The van der Waals surface area contributed by atoms with Gasteiger partial charge in [-0.3, -0.25) is 9.89 Å². The molecule has 3 aromatic rings. The van der Waals surface area contributed by atoms with Crippen LogP contribution in [-0.2, 0) is 6.18 Å². The lowest BCUT2D eigenvalue weighted by atomic mass is 10.0. The van der Waals surface area contributed by atoms with Crippen molar-refractivity contribution in [2.45, 2.75) is 25.1 Å². The van der Waals surface area contributed by atoms with Crippen LogP contribution in [0, 0.1) is 5.92 Å². The van der Waals surface area contributed by atoms with Crippen molar-refractivity contribution >= 4 is 5.91 Å². The monoisotopic (exact) mass is 377 g/mol. The van der Waals surface area contributed by atoms with E-state index in [1.165, 1.54) is 12.4 Å². The van der Waals surface area contributed by atoms with Gasteiger partial charge in [-0.15, -0.1) is 0 Å². The zero-order chi connectivity index (χ0) is 19.0. The molecule has 0 saturated heterocycles. The third-order valence-corrected chi connectivity index (χ3v) is 4.34. The topological polar surface area (TPSA) is 96.7 Å². The van der Waals surface area contributed by atoms with Gasteiger partial charge in [-0.05, 0) is 24.3 Å². The molecule has 1 aliphatic carbocycles. The summed E-state index contributed by atoms with van der Waals surface area (Å²) in [6, 6.07) is 6.53. The van der Waals surface area contributed by atoms with Gasteiger partial charge in [0, 0.05) is 11.8 Å². The van der Waals surface area contributed by atoms with Crippen molar-refractivity contribution in [3.8, 4) is 11.4 Å². The first-order chi connectivity index (χ1) is 12.9. The number of halogens is 3. The lowest BCUT2D eigenvalue weighted by Crippen LogP contribution is -2.29. The number of carbonyl (C=O) groups excluding carboxylic acids is 1. The second-order valence-electron chi connectivity index (χ2n) is 6.32. The number of benzene rings is 1. The molecule has 10 heteroatoms. The van der Waals surface area contributed by atoms with Gasteiger partial charge in [-0.2, -0.15) is 23.3 Å². The van der Waals surface area contributed by atoms with Gasteiger partial charge in [0.05, 0.1) is 17.8 Å². The Morgan fingerprint density at radius 2 is 2.00 bits per heavy atom. The number of H-pyrrole nitrogens is 1. The quantitative estimate of drug-likeness (QED) is 0.711. The summed E-state index contributed by atoms with van der Waals surface area (Å²) < 4.78 is 42.0. The van der Waals surface area contributed by atoms with Crippen molar-refractivity contribution in [1.82, 2.24) is 25.7 Å². The minimum absolute atomic E-state index is 0.140. The van der Waals surface area contributed by atoms with E-state index in [2.05, 4.69) is 30.2 Å². The van der Waals surface area contributed by atoms with Crippen LogP contribution >= 0.6 is 0 Å². The van der Waals surface area contributed by atoms with Gasteiger partial charge >= 0.3 is 12.1 Å². The summed E-state index contributed by atoms with van der Waals surface area (Å²) in [6.45, 7) is 0. The fourth-order valence-electron chi connectivity index (χ4n) is 2.80. The first-order valence-electron chi connectivity index (χ1n) is 8.22. The van der Waals surface area contributed by atoms with Gasteiger partial charge in [-0.1, -0.05) is 29.4 Å². The van der Waals surface area contributed by atoms with Crippen LogP contribution in [0.4, 0.5) is 13.2 Å². The van der Waals surface area contributed by atoms with Crippen molar-refractivity contribution in [3.63, 3.8) is 0 Å². The Morgan fingerprint density at radius 3 is 2.56 bits per heavy atom. The van der Waals surface area contributed by atoms with E-state index >= 15 is 0 Å². The number of aromatic nitrogens is 4. The lowest BCUT2D eigenvalue weighted by molar-refractivity contribution is -0.159. The van der Waals surface area contributed by atoms with Crippen LogP contribution in [0.3, 0.4) is 0 Å². The zero-order valence-electron chi connectivity index (χ0n) is 13.8. The van der Waals surface area contributed by atoms with Gasteiger partial charge in [0.2, 0.25) is 5.82 Å². The number of aromatic amines is 1. The van der Waals surface area contributed by atoms with Crippen molar-refractivity contribution < 1.29 is 22.5 Å². The summed E-state index contributed by atoms with van der Waals surface area (Å²) in [5.74, 6) is -1.43. The maximum absolute atomic E-state index is 12.6. The lowest BCUT2D eigenvalue weighted by Gasteiger charge is -2.18.